The van der Waals surface area contributed by atoms with Gasteiger partial charge in [0, 0.05) is 22.7 Å². The van der Waals surface area contributed by atoms with Gasteiger partial charge >= 0.3 is 5.97 Å². The quantitative estimate of drug-likeness (QED) is 0.654. The van der Waals surface area contributed by atoms with E-state index in [1.807, 2.05) is 0 Å². The Morgan fingerprint density at radius 2 is 2.46 bits per heavy atom. The second kappa shape index (κ2) is 5.05. The van der Waals surface area contributed by atoms with E-state index in [1.165, 1.54) is 11.3 Å². The molecular weight excluding hydrogens is 252 g/mol. The van der Waals surface area contributed by atoms with Gasteiger partial charge in [-0.15, -0.1) is 11.3 Å². The van der Waals surface area contributed by atoms with Crippen LogP contribution in [0.5, 0.6) is 0 Å². The molecule has 0 unspecified atom stereocenters. The molecule has 13 heavy (non-hydrogen) atoms. The average Bonchev–Trinajstić information content (AvgIpc) is 2.53. The van der Waals surface area contributed by atoms with E-state index in [9.17, 15) is 4.79 Å². The van der Waals surface area contributed by atoms with E-state index in [0.717, 1.165) is 17.3 Å². The monoisotopic (exact) mass is 258 g/mol. The van der Waals surface area contributed by atoms with Gasteiger partial charge in [0.05, 0.1) is 0 Å². The smallest absolute Gasteiger partial charge is 0.345 e. The lowest BCUT2D eigenvalue weighted by Gasteiger charge is -1.80. The summed E-state index contributed by atoms with van der Waals surface area (Å²) in [6.07, 6.45) is 0.776. The topological polar surface area (TPSA) is 37.3 Å². The van der Waals surface area contributed by atoms with Crippen molar-refractivity contribution in [2.75, 3.05) is 5.33 Å². The number of hydrogen-bond acceptors (Lipinski definition) is 2. The van der Waals surface area contributed by atoms with E-state index in [-0.39, 0.29) is 0 Å². The fourth-order valence-electron chi connectivity index (χ4n) is 0.726. The van der Waals surface area contributed by atoms with Gasteiger partial charge in [-0.05, 0) is 6.07 Å². The van der Waals surface area contributed by atoms with Crippen molar-refractivity contribution in [1.82, 2.24) is 0 Å². The van der Waals surface area contributed by atoms with Crippen LogP contribution in [0.2, 0.25) is 0 Å². The molecule has 0 amide bonds. The Balaban J connectivity index is 2.71. The summed E-state index contributed by atoms with van der Waals surface area (Å²) in [4.78, 5) is 10.8. The molecule has 0 aliphatic heterocycles. The first-order chi connectivity index (χ1) is 6.24. The summed E-state index contributed by atoms with van der Waals surface area (Å²) in [5, 5.41) is 11.2. The minimum atomic E-state index is -0.890. The Kier molecular flexibility index (Phi) is 4.00. The third-order valence-electron chi connectivity index (χ3n) is 1.26. The van der Waals surface area contributed by atoms with Crippen LogP contribution in [0.25, 0.3) is 0 Å². The maximum absolute atomic E-state index is 10.5. The lowest BCUT2D eigenvalue weighted by Crippen LogP contribution is -1.89. The summed E-state index contributed by atoms with van der Waals surface area (Å²) >= 11 is 4.46. The summed E-state index contributed by atoms with van der Waals surface area (Å²) in [7, 11) is 0. The third-order valence-corrected chi connectivity index (χ3v) is 2.58. The first-order valence-corrected chi connectivity index (χ1v) is 5.61. The van der Waals surface area contributed by atoms with Crippen LogP contribution in [0.1, 0.15) is 21.7 Å². The van der Waals surface area contributed by atoms with Crippen LogP contribution in [0.4, 0.5) is 0 Å². The van der Waals surface area contributed by atoms with Crippen molar-refractivity contribution in [2.24, 2.45) is 0 Å². The van der Waals surface area contributed by atoms with Crippen LogP contribution in [0, 0.1) is 11.8 Å². The summed E-state index contributed by atoms with van der Waals surface area (Å²) in [6, 6.07) is 1.59. The Bertz CT molecular complexity index is 359. The minimum Gasteiger partial charge on any atom is -0.477 e. The zero-order valence-corrected chi connectivity index (χ0v) is 9.11. The van der Waals surface area contributed by atoms with E-state index in [4.69, 9.17) is 5.11 Å². The van der Waals surface area contributed by atoms with Crippen molar-refractivity contribution in [1.29, 1.82) is 0 Å². The number of alkyl halides is 1. The van der Waals surface area contributed by atoms with Crippen molar-refractivity contribution in [3.63, 3.8) is 0 Å². The maximum atomic E-state index is 10.5. The molecule has 2 nitrogen and oxygen atoms in total. The second-order valence-corrected chi connectivity index (χ2v) is 3.95. The van der Waals surface area contributed by atoms with Gasteiger partial charge in [0.1, 0.15) is 4.88 Å². The maximum Gasteiger partial charge on any atom is 0.345 e. The lowest BCUT2D eigenvalue weighted by molar-refractivity contribution is 0.0702. The van der Waals surface area contributed by atoms with E-state index < -0.39 is 5.97 Å². The van der Waals surface area contributed by atoms with Crippen LogP contribution in [-0.2, 0) is 0 Å². The molecule has 1 aromatic rings. The fraction of sp³-hybridized carbons (Fsp3) is 0.222. The molecule has 0 aliphatic rings. The summed E-state index contributed by atoms with van der Waals surface area (Å²) in [5.74, 6) is 4.92. The Morgan fingerprint density at radius 1 is 1.69 bits per heavy atom. The van der Waals surface area contributed by atoms with Crippen LogP contribution < -0.4 is 0 Å². The highest BCUT2D eigenvalue weighted by atomic mass is 79.9. The molecule has 1 aromatic heterocycles. The SMILES string of the molecule is O=C(O)c1cc(C#CCCBr)cs1. The van der Waals surface area contributed by atoms with E-state index in [0.29, 0.717) is 4.88 Å². The number of thiophene rings is 1. The van der Waals surface area contributed by atoms with Gasteiger partial charge in [-0.1, -0.05) is 27.8 Å². The summed E-state index contributed by atoms with van der Waals surface area (Å²) < 4.78 is 0. The Morgan fingerprint density at radius 3 is 3.00 bits per heavy atom. The molecule has 0 spiro atoms. The summed E-state index contributed by atoms with van der Waals surface area (Å²) in [5.41, 5.74) is 0.781. The first kappa shape index (κ1) is 10.3. The second-order valence-electron chi connectivity index (χ2n) is 2.25. The van der Waals surface area contributed by atoms with Crippen LogP contribution >= 0.6 is 27.3 Å². The molecule has 1 N–H and O–H groups in total. The van der Waals surface area contributed by atoms with Crippen molar-refractivity contribution in [3.05, 3.63) is 21.9 Å². The first-order valence-electron chi connectivity index (χ1n) is 3.60. The van der Waals surface area contributed by atoms with Crippen LogP contribution in [-0.4, -0.2) is 16.4 Å². The van der Waals surface area contributed by atoms with Crippen molar-refractivity contribution < 1.29 is 9.90 Å². The van der Waals surface area contributed by atoms with Gasteiger partial charge in [-0.2, -0.15) is 0 Å². The normalized spacial score (nSPS) is 9.00. The van der Waals surface area contributed by atoms with Crippen molar-refractivity contribution in [2.45, 2.75) is 6.42 Å². The molecular formula is C9H7BrO2S. The fourth-order valence-corrected chi connectivity index (χ4v) is 1.60. The molecule has 0 saturated carbocycles. The highest BCUT2D eigenvalue weighted by molar-refractivity contribution is 9.09. The predicted octanol–water partition coefficient (Wildman–Crippen LogP) is 2.58. The van der Waals surface area contributed by atoms with E-state index in [2.05, 4.69) is 27.8 Å². The lowest BCUT2D eigenvalue weighted by atomic mass is 10.3. The van der Waals surface area contributed by atoms with Gasteiger partial charge in [0.25, 0.3) is 0 Å². The molecule has 0 aromatic carbocycles. The number of carbonyl (C=O) groups is 1. The zero-order valence-electron chi connectivity index (χ0n) is 6.71. The molecule has 68 valence electrons. The number of halogens is 1. The number of carboxylic acid groups (broad SMARTS) is 1. The standard InChI is InChI=1S/C9H7BrO2S/c10-4-2-1-3-7-5-8(9(11)12)13-6-7/h5-6H,2,4H2,(H,11,12). The largest absolute Gasteiger partial charge is 0.477 e. The van der Waals surface area contributed by atoms with Gasteiger partial charge in [-0.25, -0.2) is 4.79 Å². The Labute approximate surface area is 88.7 Å². The van der Waals surface area contributed by atoms with Gasteiger partial charge in [0.2, 0.25) is 0 Å². The van der Waals surface area contributed by atoms with E-state index in [1.54, 1.807) is 11.4 Å². The molecule has 4 heteroatoms. The molecule has 1 rings (SSSR count). The summed E-state index contributed by atoms with van der Waals surface area (Å²) in [6.45, 7) is 0. The Hall–Kier alpha value is -0.790. The highest BCUT2D eigenvalue weighted by Crippen LogP contribution is 2.13. The molecule has 0 bridgehead atoms. The van der Waals surface area contributed by atoms with Gasteiger partial charge < -0.3 is 5.11 Å². The molecule has 0 radical (unpaired) electrons. The third kappa shape index (κ3) is 3.21. The van der Waals surface area contributed by atoms with E-state index >= 15 is 0 Å². The number of hydrogen-bond donors (Lipinski definition) is 1. The molecule has 0 fully saturated rings. The van der Waals surface area contributed by atoms with Crippen LogP contribution in [0.15, 0.2) is 11.4 Å². The molecule has 1 heterocycles. The highest BCUT2D eigenvalue weighted by Gasteiger charge is 2.04. The van der Waals surface area contributed by atoms with Gasteiger partial charge in [-0.3, -0.25) is 0 Å². The molecule has 0 aliphatic carbocycles. The van der Waals surface area contributed by atoms with Crippen molar-refractivity contribution >= 4 is 33.2 Å². The average molecular weight is 259 g/mol. The minimum absolute atomic E-state index is 0.336. The number of carboxylic acids is 1. The van der Waals surface area contributed by atoms with Gasteiger partial charge in [0.15, 0.2) is 0 Å². The number of aromatic carboxylic acids is 1. The predicted molar refractivity (Wildman–Crippen MR) is 56.6 cm³/mol. The van der Waals surface area contributed by atoms with Crippen LogP contribution in [0.3, 0.4) is 0 Å². The molecule has 0 atom stereocenters. The number of rotatable bonds is 2. The van der Waals surface area contributed by atoms with Crippen molar-refractivity contribution in [3.8, 4) is 11.8 Å². The zero-order chi connectivity index (χ0) is 9.68. The molecule has 0 saturated heterocycles.